The number of halogens is 2. The fourth-order valence-electron chi connectivity index (χ4n) is 1.97. The molecule has 0 saturated carbocycles. The van der Waals surface area contributed by atoms with Crippen LogP contribution in [0.2, 0.25) is 0 Å². The molecule has 0 fully saturated rings. The van der Waals surface area contributed by atoms with Crippen molar-refractivity contribution in [2.75, 3.05) is 11.9 Å². The first-order valence-corrected chi connectivity index (χ1v) is 7.78. The lowest BCUT2D eigenvalue weighted by atomic mass is 10.1. The fraction of sp³-hybridized carbons (Fsp3) is 0.133. The predicted octanol–water partition coefficient (Wildman–Crippen LogP) is 4.38. The van der Waals surface area contributed by atoms with E-state index in [1.54, 1.807) is 23.5 Å². The van der Waals surface area contributed by atoms with Crippen molar-refractivity contribution in [1.29, 1.82) is 0 Å². The van der Waals surface area contributed by atoms with Crippen LogP contribution in [0.4, 0.5) is 10.1 Å². The average Bonchev–Trinajstić information content (AvgIpc) is 2.82. The highest BCUT2D eigenvalue weighted by Gasteiger charge is 2.11. The molecule has 6 heteroatoms. The van der Waals surface area contributed by atoms with Crippen LogP contribution in [0, 0.1) is 5.82 Å². The number of thiophene rings is 1. The summed E-state index contributed by atoms with van der Waals surface area (Å²) >= 11 is 5.00. The summed E-state index contributed by atoms with van der Waals surface area (Å²) in [6, 6.07) is 6.71. The first kappa shape index (κ1) is 15.7. The van der Waals surface area contributed by atoms with Gasteiger partial charge in [0.15, 0.2) is 0 Å². The van der Waals surface area contributed by atoms with E-state index >= 15 is 0 Å². The quantitative estimate of drug-likeness (QED) is 0.794. The van der Waals surface area contributed by atoms with E-state index in [0.29, 0.717) is 12.2 Å². The number of carboxylic acids is 1. The Balaban J connectivity index is 2.29. The maximum absolute atomic E-state index is 13.9. The van der Waals surface area contributed by atoms with E-state index in [-0.39, 0.29) is 5.56 Å². The monoisotopic (exact) mass is 369 g/mol. The lowest BCUT2D eigenvalue weighted by Crippen LogP contribution is -2.17. The van der Waals surface area contributed by atoms with Gasteiger partial charge in [0, 0.05) is 30.9 Å². The predicted molar refractivity (Wildman–Crippen MR) is 87.2 cm³/mol. The highest BCUT2D eigenvalue weighted by Crippen LogP contribution is 2.27. The number of hydrogen-bond acceptors (Lipinski definition) is 3. The summed E-state index contributed by atoms with van der Waals surface area (Å²) in [5.41, 5.74) is 2.03. The van der Waals surface area contributed by atoms with E-state index in [9.17, 15) is 9.18 Å². The normalized spacial score (nSPS) is 11.0. The number of anilines is 1. The molecule has 1 heterocycles. The third-order valence-corrected chi connectivity index (χ3v) is 4.43. The molecule has 1 aromatic carbocycles. The van der Waals surface area contributed by atoms with E-state index in [1.807, 2.05) is 23.4 Å². The molecule has 0 amide bonds. The van der Waals surface area contributed by atoms with Gasteiger partial charge in [0.1, 0.15) is 5.82 Å². The van der Waals surface area contributed by atoms with E-state index in [1.165, 1.54) is 12.1 Å². The van der Waals surface area contributed by atoms with Crippen LogP contribution in [-0.4, -0.2) is 18.1 Å². The van der Waals surface area contributed by atoms with Crippen molar-refractivity contribution < 1.29 is 14.3 Å². The van der Waals surface area contributed by atoms with Gasteiger partial charge in [-0.15, -0.1) is 11.3 Å². The van der Waals surface area contributed by atoms with Gasteiger partial charge in [0.25, 0.3) is 0 Å². The van der Waals surface area contributed by atoms with Crippen LogP contribution in [-0.2, 0) is 11.3 Å². The molecule has 0 bridgehead atoms. The molecule has 1 aromatic heterocycles. The summed E-state index contributed by atoms with van der Waals surface area (Å²) in [5.74, 6) is -1.54. The summed E-state index contributed by atoms with van der Waals surface area (Å²) < 4.78 is 15.0. The van der Waals surface area contributed by atoms with Gasteiger partial charge in [-0.3, -0.25) is 0 Å². The first-order valence-electron chi connectivity index (χ1n) is 6.11. The molecular weight excluding hydrogens is 357 g/mol. The second-order valence-electron chi connectivity index (χ2n) is 4.46. The highest BCUT2D eigenvalue weighted by atomic mass is 79.9. The van der Waals surface area contributed by atoms with Gasteiger partial charge in [0.2, 0.25) is 0 Å². The van der Waals surface area contributed by atoms with Crippen LogP contribution in [0.15, 0.2) is 39.5 Å². The zero-order chi connectivity index (χ0) is 15.4. The van der Waals surface area contributed by atoms with E-state index in [0.717, 1.165) is 15.4 Å². The molecule has 0 radical (unpaired) electrons. The minimum absolute atomic E-state index is 0.275. The largest absolute Gasteiger partial charge is 0.478 e. The second-order valence-corrected chi connectivity index (χ2v) is 6.75. The van der Waals surface area contributed by atoms with Gasteiger partial charge >= 0.3 is 5.97 Å². The van der Waals surface area contributed by atoms with Crippen LogP contribution in [0.1, 0.15) is 11.1 Å². The fourth-order valence-corrected chi connectivity index (χ4v) is 3.17. The van der Waals surface area contributed by atoms with Crippen molar-refractivity contribution in [1.82, 2.24) is 0 Å². The van der Waals surface area contributed by atoms with Crippen LogP contribution in [0.3, 0.4) is 0 Å². The Morgan fingerprint density at radius 3 is 2.90 bits per heavy atom. The van der Waals surface area contributed by atoms with Crippen molar-refractivity contribution in [3.63, 3.8) is 0 Å². The molecule has 3 nitrogen and oxygen atoms in total. The topological polar surface area (TPSA) is 40.5 Å². The van der Waals surface area contributed by atoms with Crippen LogP contribution < -0.4 is 4.90 Å². The maximum Gasteiger partial charge on any atom is 0.328 e. The number of hydrogen-bond donors (Lipinski definition) is 1. The smallest absolute Gasteiger partial charge is 0.328 e. The maximum atomic E-state index is 13.9. The molecule has 1 N–H and O–H groups in total. The Kier molecular flexibility index (Phi) is 5.14. The van der Waals surface area contributed by atoms with Crippen molar-refractivity contribution in [2.24, 2.45) is 0 Å². The zero-order valence-corrected chi connectivity index (χ0v) is 13.6. The summed E-state index contributed by atoms with van der Waals surface area (Å²) in [4.78, 5) is 12.5. The van der Waals surface area contributed by atoms with Crippen molar-refractivity contribution in [2.45, 2.75) is 6.54 Å². The van der Waals surface area contributed by atoms with Gasteiger partial charge in [0.05, 0.1) is 3.79 Å². The molecule has 110 valence electrons. The summed E-state index contributed by atoms with van der Waals surface area (Å²) in [6.45, 7) is 0.611. The number of aliphatic carboxylic acids is 1. The first-order chi connectivity index (χ1) is 9.97. The van der Waals surface area contributed by atoms with Crippen molar-refractivity contribution >= 4 is 45.0 Å². The molecule has 0 spiro atoms. The minimum Gasteiger partial charge on any atom is -0.478 e. The standard InChI is InChI=1S/C15H13BrFNO2S/c1-18(8-10-7-14(16)21-9-10)13-4-2-3-12(17)11(13)5-6-15(19)20/h2-7,9H,8H2,1H3,(H,19,20)/b6-5+. The Morgan fingerprint density at radius 1 is 1.52 bits per heavy atom. The van der Waals surface area contributed by atoms with E-state index in [2.05, 4.69) is 15.9 Å². The second kappa shape index (κ2) is 6.87. The molecule has 0 unspecified atom stereocenters. The minimum atomic E-state index is -1.10. The molecule has 2 aromatic rings. The molecule has 0 aliphatic rings. The molecule has 21 heavy (non-hydrogen) atoms. The van der Waals surface area contributed by atoms with Crippen LogP contribution in [0.5, 0.6) is 0 Å². The van der Waals surface area contributed by atoms with E-state index < -0.39 is 11.8 Å². The molecule has 0 atom stereocenters. The third kappa shape index (κ3) is 4.15. The number of carbonyl (C=O) groups is 1. The van der Waals surface area contributed by atoms with Crippen molar-refractivity contribution in [3.8, 4) is 0 Å². The Labute approximate surface area is 134 Å². The Bertz CT molecular complexity index is 684. The lowest BCUT2D eigenvalue weighted by Gasteiger charge is -2.21. The number of rotatable bonds is 5. The number of benzene rings is 1. The van der Waals surface area contributed by atoms with Gasteiger partial charge < -0.3 is 10.0 Å². The number of carboxylic acid groups (broad SMARTS) is 1. The van der Waals surface area contributed by atoms with Gasteiger partial charge in [-0.2, -0.15) is 0 Å². The highest BCUT2D eigenvalue weighted by molar-refractivity contribution is 9.11. The number of nitrogens with zero attached hydrogens (tertiary/aromatic N) is 1. The van der Waals surface area contributed by atoms with Gasteiger partial charge in [-0.05, 0) is 51.1 Å². The average molecular weight is 370 g/mol. The summed E-state index contributed by atoms with van der Waals surface area (Å²) in [7, 11) is 1.85. The lowest BCUT2D eigenvalue weighted by molar-refractivity contribution is -0.131. The summed E-state index contributed by atoms with van der Waals surface area (Å²) in [6.07, 6.45) is 2.23. The molecular formula is C15H13BrFNO2S. The SMILES string of the molecule is CN(Cc1csc(Br)c1)c1cccc(F)c1/C=C/C(=O)O. The molecule has 0 saturated heterocycles. The Morgan fingerprint density at radius 2 is 2.29 bits per heavy atom. The van der Waals surface area contributed by atoms with Gasteiger partial charge in [-0.1, -0.05) is 6.07 Å². The van der Waals surface area contributed by atoms with Crippen LogP contribution >= 0.6 is 27.3 Å². The summed E-state index contributed by atoms with van der Waals surface area (Å²) in [5, 5.41) is 10.7. The van der Waals surface area contributed by atoms with Crippen molar-refractivity contribution in [3.05, 3.63) is 56.5 Å². The van der Waals surface area contributed by atoms with Crippen LogP contribution in [0.25, 0.3) is 6.08 Å². The molecule has 0 aliphatic carbocycles. The molecule has 2 rings (SSSR count). The molecule has 0 aliphatic heterocycles. The Hall–Kier alpha value is -1.66. The van der Waals surface area contributed by atoms with Gasteiger partial charge in [-0.25, -0.2) is 9.18 Å². The zero-order valence-electron chi connectivity index (χ0n) is 11.2. The third-order valence-electron chi connectivity index (χ3n) is 2.88. The van der Waals surface area contributed by atoms with E-state index in [4.69, 9.17) is 5.11 Å².